The number of amides is 1. The van der Waals surface area contributed by atoms with Gasteiger partial charge in [-0.2, -0.15) is 5.10 Å². The van der Waals surface area contributed by atoms with Crippen molar-refractivity contribution in [3.63, 3.8) is 0 Å². The molecule has 17 heavy (non-hydrogen) atoms. The molecule has 0 radical (unpaired) electrons. The van der Waals surface area contributed by atoms with Crippen LogP contribution in [-0.2, 0) is 9.12 Å². The fourth-order valence-corrected chi connectivity index (χ4v) is 2.47. The summed E-state index contributed by atoms with van der Waals surface area (Å²) in [6, 6.07) is 7.39. The zero-order valence-electron chi connectivity index (χ0n) is 9.90. The maximum atomic E-state index is 12.1. The molecule has 2 rings (SSSR count). The quantitative estimate of drug-likeness (QED) is 0.785. The van der Waals surface area contributed by atoms with Crippen molar-refractivity contribution in [3.8, 4) is 5.75 Å². The summed E-state index contributed by atoms with van der Waals surface area (Å²) in [6.45, 7) is 1.83. The predicted octanol–water partition coefficient (Wildman–Crippen LogP) is 2.13. The molecule has 0 aromatic heterocycles. The molecule has 0 bridgehead atoms. The summed E-state index contributed by atoms with van der Waals surface area (Å²) in [5, 5.41) is 5.52. The van der Waals surface area contributed by atoms with Gasteiger partial charge in [-0.25, -0.2) is 5.01 Å². The van der Waals surface area contributed by atoms with Crippen molar-refractivity contribution in [3.05, 3.63) is 29.8 Å². The summed E-state index contributed by atoms with van der Waals surface area (Å²) in [4.78, 5) is 12.1. The van der Waals surface area contributed by atoms with Crippen LogP contribution in [0.1, 0.15) is 12.5 Å². The number of benzene rings is 1. The molecule has 5 heteroatoms. The van der Waals surface area contributed by atoms with Gasteiger partial charge in [0.05, 0.1) is 12.8 Å². The molecule has 1 unspecified atom stereocenters. The Kier molecular flexibility index (Phi) is 2.95. The number of hydrogen-bond acceptors (Lipinski definition) is 3. The highest BCUT2D eigenvalue weighted by atomic mass is 79.9. The van der Waals surface area contributed by atoms with E-state index in [0.717, 1.165) is 17.0 Å². The standard InChI is InChI=1S/C12H13BrN2O2/c1-8-12(13,11(16)15(2)14-8)9-4-6-10(17-3)7-5-9/h4-7H,1-3H3. The molecule has 1 aliphatic heterocycles. The Morgan fingerprint density at radius 3 is 2.35 bits per heavy atom. The normalized spacial score (nSPS) is 23.9. The molecule has 4 nitrogen and oxygen atoms in total. The van der Waals surface area contributed by atoms with Crippen LogP contribution in [0, 0.1) is 0 Å². The maximum absolute atomic E-state index is 12.1. The van der Waals surface area contributed by atoms with Crippen molar-refractivity contribution in [1.82, 2.24) is 5.01 Å². The largest absolute Gasteiger partial charge is 0.497 e. The van der Waals surface area contributed by atoms with Gasteiger partial charge in [-0.05, 0) is 24.6 Å². The average molecular weight is 297 g/mol. The molecule has 0 aliphatic carbocycles. The van der Waals surface area contributed by atoms with E-state index in [1.54, 1.807) is 14.2 Å². The van der Waals surface area contributed by atoms with E-state index in [-0.39, 0.29) is 5.91 Å². The lowest BCUT2D eigenvalue weighted by molar-refractivity contribution is -0.129. The van der Waals surface area contributed by atoms with E-state index in [1.807, 2.05) is 31.2 Å². The topological polar surface area (TPSA) is 41.9 Å². The Morgan fingerprint density at radius 1 is 1.35 bits per heavy atom. The summed E-state index contributed by atoms with van der Waals surface area (Å²) in [6.07, 6.45) is 0. The molecule has 1 amide bonds. The second-order valence-electron chi connectivity index (χ2n) is 3.90. The third-order valence-corrected chi connectivity index (χ3v) is 4.25. The molecule has 1 aromatic carbocycles. The number of carbonyl (C=O) groups is 1. The van der Waals surface area contributed by atoms with E-state index in [1.165, 1.54) is 5.01 Å². The van der Waals surface area contributed by atoms with Crippen LogP contribution in [0.5, 0.6) is 5.75 Å². The highest BCUT2D eigenvalue weighted by molar-refractivity contribution is 9.10. The Morgan fingerprint density at radius 2 is 1.94 bits per heavy atom. The van der Waals surface area contributed by atoms with E-state index < -0.39 is 4.32 Å². The number of hydrazone groups is 1. The molecule has 1 heterocycles. The fourth-order valence-electron chi connectivity index (χ4n) is 1.87. The minimum Gasteiger partial charge on any atom is -0.497 e. The number of ether oxygens (including phenoxy) is 1. The van der Waals surface area contributed by atoms with Gasteiger partial charge in [0.1, 0.15) is 5.75 Å². The van der Waals surface area contributed by atoms with E-state index in [0.29, 0.717) is 0 Å². The zero-order valence-corrected chi connectivity index (χ0v) is 11.5. The van der Waals surface area contributed by atoms with Gasteiger partial charge >= 0.3 is 0 Å². The third kappa shape index (κ3) is 1.74. The lowest BCUT2D eigenvalue weighted by Gasteiger charge is -2.21. The van der Waals surface area contributed by atoms with Crippen molar-refractivity contribution >= 4 is 27.5 Å². The number of alkyl halides is 1. The van der Waals surface area contributed by atoms with Crippen molar-refractivity contribution < 1.29 is 9.53 Å². The van der Waals surface area contributed by atoms with Crippen LogP contribution in [-0.4, -0.2) is 30.8 Å². The molecule has 0 saturated carbocycles. The number of rotatable bonds is 2. The first-order valence-corrected chi connectivity index (χ1v) is 5.96. The molecular weight excluding hydrogens is 284 g/mol. The second-order valence-corrected chi connectivity index (χ2v) is 5.09. The number of halogens is 1. The van der Waals surface area contributed by atoms with E-state index >= 15 is 0 Å². The Labute approximate surface area is 108 Å². The minimum atomic E-state index is -0.839. The van der Waals surface area contributed by atoms with Gasteiger partial charge < -0.3 is 4.74 Å². The Hall–Kier alpha value is -1.36. The summed E-state index contributed by atoms with van der Waals surface area (Å²) in [5.74, 6) is 0.679. The van der Waals surface area contributed by atoms with Gasteiger partial charge in [-0.3, -0.25) is 4.79 Å². The lowest BCUT2D eigenvalue weighted by atomic mass is 9.94. The number of hydrogen-bond donors (Lipinski definition) is 0. The van der Waals surface area contributed by atoms with Crippen molar-refractivity contribution in [2.75, 3.05) is 14.2 Å². The molecule has 0 spiro atoms. The molecule has 0 saturated heterocycles. The number of likely N-dealkylation sites (N-methyl/N-ethyl adjacent to an activating group) is 1. The fraction of sp³-hybridized carbons (Fsp3) is 0.333. The van der Waals surface area contributed by atoms with Gasteiger partial charge in [-0.15, -0.1) is 0 Å². The highest BCUT2D eigenvalue weighted by Gasteiger charge is 2.47. The van der Waals surface area contributed by atoms with Crippen LogP contribution in [0.2, 0.25) is 0 Å². The number of methoxy groups -OCH3 is 1. The summed E-state index contributed by atoms with van der Waals surface area (Å²) in [7, 11) is 3.26. The van der Waals surface area contributed by atoms with Gasteiger partial charge in [0.25, 0.3) is 5.91 Å². The Bertz CT molecular complexity index is 484. The van der Waals surface area contributed by atoms with Gasteiger partial charge in [0.2, 0.25) is 0 Å². The van der Waals surface area contributed by atoms with Crippen LogP contribution >= 0.6 is 15.9 Å². The first kappa shape index (κ1) is 12.1. The van der Waals surface area contributed by atoms with Gasteiger partial charge in [0, 0.05) is 7.05 Å². The van der Waals surface area contributed by atoms with E-state index in [9.17, 15) is 4.79 Å². The highest BCUT2D eigenvalue weighted by Crippen LogP contribution is 2.39. The summed E-state index contributed by atoms with van der Waals surface area (Å²) < 4.78 is 4.26. The van der Waals surface area contributed by atoms with Crippen LogP contribution < -0.4 is 4.74 Å². The van der Waals surface area contributed by atoms with Crippen molar-refractivity contribution in [2.45, 2.75) is 11.2 Å². The summed E-state index contributed by atoms with van der Waals surface area (Å²) >= 11 is 3.51. The lowest BCUT2D eigenvalue weighted by Crippen LogP contribution is -2.36. The van der Waals surface area contributed by atoms with Crippen LogP contribution in [0.3, 0.4) is 0 Å². The number of nitrogens with zero attached hydrogens (tertiary/aromatic N) is 2. The zero-order chi connectivity index (χ0) is 12.6. The predicted molar refractivity (Wildman–Crippen MR) is 69.5 cm³/mol. The SMILES string of the molecule is COc1ccc(C2(Br)C(=O)N(C)N=C2C)cc1. The second kappa shape index (κ2) is 4.14. The maximum Gasteiger partial charge on any atom is 0.269 e. The molecular formula is C12H13BrN2O2. The average Bonchev–Trinajstić information content (AvgIpc) is 2.54. The summed E-state index contributed by atoms with van der Waals surface area (Å²) in [5.41, 5.74) is 1.59. The van der Waals surface area contributed by atoms with E-state index in [4.69, 9.17) is 4.74 Å². The smallest absolute Gasteiger partial charge is 0.269 e. The molecule has 0 fully saturated rings. The third-order valence-electron chi connectivity index (χ3n) is 2.87. The van der Waals surface area contributed by atoms with Gasteiger partial charge in [0.15, 0.2) is 4.32 Å². The van der Waals surface area contributed by atoms with Crippen LogP contribution in [0.25, 0.3) is 0 Å². The molecule has 1 aromatic rings. The van der Waals surface area contributed by atoms with Crippen LogP contribution in [0.15, 0.2) is 29.4 Å². The molecule has 0 N–H and O–H groups in total. The Balaban J connectivity index is 2.45. The molecule has 1 aliphatic rings. The number of carbonyl (C=O) groups excluding carboxylic acids is 1. The van der Waals surface area contributed by atoms with Crippen LogP contribution in [0.4, 0.5) is 0 Å². The first-order valence-electron chi connectivity index (χ1n) is 5.17. The van der Waals surface area contributed by atoms with Crippen molar-refractivity contribution in [2.24, 2.45) is 5.10 Å². The minimum absolute atomic E-state index is 0.0832. The first-order chi connectivity index (χ1) is 8.00. The van der Waals surface area contributed by atoms with Crippen molar-refractivity contribution in [1.29, 1.82) is 0 Å². The molecule has 1 atom stereocenters. The molecule has 90 valence electrons. The van der Waals surface area contributed by atoms with E-state index in [2.05, 4.69) is 21.0 Å². The van der Waals surface area contributed by atoms with Gasteiger partial charge in [-0.1, -0.05) is 28.1 Å². The monoisotopic (exact) mass is 296 g/mol.